The number of aryl methyl sites for hydroxylation is 2. The van der Waals surface area contributed by atoms with E-state index in [9.17, 15) is 15.3 Å². The molecule has 1 unspecified atom stereocenters. The van der Waals surface area contributed by atoms with E-state index < -0.39 is 11.5 Å². The topological polar surface area (TPSA) is 69.9 Å². The second kappa shape index (κ2) is 7.59. The van der Waals surface area contributed by atoms with Crippen molar-refractivity contribution in [2.45, 2.75) is 20.0 Å². The molecular formula is C19H24O4. The van der Waals surface area contributed by atoms with Crippen LogP contribution in [-0.4, -0.2) is 35.1 Å². The van der Waals surface area contributed by atoms with Crippen molar-refractivity contribution < 1.29 is 20.1 Å². The van der Waals surface area contributed by atoms with Gasteiger partial charge < -0.3 is 20.1 Å². The highest BCUT2D eigenvalue weighted by atomic mass is 16.5. The predicted octanol–water partition coefficient (Wildman–Crippen LogP) is 2.39. The highest BCUT2D eigenvalue weighted by Gasteiger charge is 2.40. The van der Waals surface area contributed by atoms with Crippen LogP contribution >= 0.6 is 0 Å². The Morgan fingerprint density at radius 1 is 0.783 bits per heavy atom. The highest BCUT2D eigenvalue weighted by molar-refractivity contribution is 5.30. The Balaban J connectivity index is 2.41. The Labute approximate surface area is 137 Å². The van der Waals surface area contributed by atoms with Crippen molar-refractivity contribution in [1.29, 1.82) is 0 Å². The second-order valence-corrected chi connectivity index (χ2v) is 6.06. The lowest BCUT2D eigenvalue weighted by molar-refractivity contribution is -0.0742. The zero-order valence-electron chi connectivity index (χ0n) is 13.6. The largest absolute Gasteiger partial charge is 0.485 e. The van der Waals surface area contributed by atoms with Gasteiger partial charge in [-0.05, 0) is 31.5 Å². The number of aliphatic hydroxyl groups excluding tert-OH is 3. The van der Waals surface area contributed by atoms with Crippen LogP contribution in [0.4, 0.5) is 0 Å². The summed E-state index contributed by atoms with van der Waals surface area (Å²) in [5.41, 5.74) is 1.85. The second-order valence-electron chi connectivity index (χ2n) is 6.06. The molecule has 2 rings (SSSR count). The Morgan fingerprint density at radius 2 is 1.22 bits per heavy atom. The minimum absolute atomic E-state index is 0.385. The van der Waals surface area contributed by atoms with E-state index in [-0.39, 0.29) is 19.8 Å². The molecule has 0 heterocycles. The van der Waals surface area contributed by atoms with Crippen molar-refractivity contribution in [3.8, 4) is 5.75 Å². The van der Waals surface area contributed by atoms with Gasteiger partial charge in [-0.25, -0.2) is 0 Å². The minimum atomic E-state index is -1.17. The van der Waals surface area contributed by atoms with Gasteiger partial charge in [0, 0.05) is 0 Å². The summed E-state index contributed by atoms with van der Waals surface area (Å²) in [7, 11) is 0. The summed E-state index contributed by atoms with van der Waals surface area (Å²) >= 11 is 0. The molecule has 0 aliphatic rings. The van der Waals surface area contributed by atoms with E-state index in [0.29, 0.717) is 5.75 Å². The third-order valence-corrected chi connectivity index (χ3v) is 4.16. The summed E-state index contributed by atoms with van der Waals surface area (Å²) in [5, 5.41) is 29.4. The Hall–Kier alpha value is -1.88. The first-order chi connectivity index (χ1) is 11.0. The Morgan fingerprint density at radius 3 is 1.65 bits per heavy atom. The van der Waals surface area contributed by atoms with Crippen LogP contribution in [0.1, 0.15) is 22.8 Å². The van der Waals surface area contributed by atoms with E-state index in [1.165, 1.54) is 0 Å². The number of benzene rings is 2. The first-order valence-corrected chi connectivity index (χ1v) is 7.67. The average Bonchev–Trinajstić information content (AvgIpc) is 2.58. The molecule has 0 saturated carbocycles. The molecule has 0 aliphatic heterocycles. The van der Waals surface area contributed by atoms with Crippen LogP contribution in [0.25, 0.3) is 0 Å². The van der Waals surface area contributed by atoms with Crippen molar-refractivity contribution in [3.63, 3.8) is 0 Å². The van der Waals surface area contributed by atoms with E-state index >= 15 is 0 Å². The molecule has 23 heavy (non-hydrogen) atoms. The van der Waals surface area contributed by atoms with Crippen molar-refractivity contribution >= 4 is 0 Å². The molecule has 0 aliphatic carbocycles. The van der Waals surface area contributed by atoms with Gasteiger partial charge in [-0.2, -0.15) is 0 Å². The van der Waals surface area contributed by atoms with E-state index in [1.54, 1.807) is 0 Å². The standard InChI is InChI=1S/C19H24O4/c1-14-3-7-16(8-4-14)18(19(11-20,12-21)13-22)23-17-9-5-15(2)6-10-17/h3-10,18,20-22H,11-13H2,1-2H3. The molecule has 2 aromatic rings. The molecular weight excluding hydrogens is 292 g/mol. The molecule has 2 aromatic carbocycles. The molecule has 1 atom stereocenters. The van der Waals surface area contributed by atoms with Crippen molar-refractivity contribution in [2.24, 2.45) is 5.41 Å². The van der Waals surface area contributed by atoms with Crippen LogP contribution in [0.3, 0.4) is 0 Å². The fraction of sp³-hybridized carbons (Fsp3) is 0.368. The molecule has 124 valence electrons. The van der Waals surface area contributed by atoms with Gasteiger partial charge in [-0.15, -0.1) is 0 Å². The van der Waals surface area contributed by atoms with Gasteiger partial charge in [0.05, 0.1) is 25.2 Å². The molecule has 3 N–H and O–H groups in total. The molecule has 0 aromatic heterocycles. The van der Waals surface area contributed by atoms with E-state index in [4.69, 9.17) is 4.74 Å². The normalized spacial score (nSPS) is 12.9. The lowest BCUT2D eigenvalue weighted by atomic mass is 9.80. The Bertz CT molecular complexity index is 592. The molecule has 4 heteroatoms. The van der Waals surface area contributed by atoms with Crippen molar-refractivity contribution in [3.05, 3.63) is 65.2 Å². The first kappa shape index (κ1) is 17.5. The summed E-state index contributed by atoms with van der Waals surface area (Å²) in [6, 6.07) is 15.2. The van der Waals surface area contributed by atoms with Crippen LogP contribution in [0.2, 0.25) is 0 Å². The summed E-state index contributed by atoms with van der Waals surface area (Å²) in [5.74, 6) is 0.626. The molecule has 0 fully saturated rings. The molecule has 0 amide bonds. The van der Waals surface area contributed by atoms with Gasteiger partial charge in [0.25, 0.3) is 0 Å². The third-order valence-electron chi connectivity index (χ3n) is 4.16. The number of aliphatic hydroxyl groups is 3. The Kier molecular flexibility index (Phi) is 5.77. The SMILES string of the molecule is Cc1ccc(OC(c2ccc(C)cc2)C(CO)(CO)CO)cc1. The van der Waals surface area contributed by atoms with Gasteiger partial charge >= 0.3 is 0 Å². The number of hydrogen-bond acceptors (Lipinski definition) is 4. The third kappa shape index (κ3) is 3.91. The van der Waals surface area contributed by atoms with Crippen molar-refractivity contribution in [1.82, 2.24) is 0 Å². The van der Waals surface area contributed by atoms with Crippen LogP contribution in [0.15, 0.2) is 48.5 Å². The van der Waals surface area contributed by atoms with Crippen LogP contribution in [0, 0.1) is 19.3 Å². The molecule has 0 spiro atoms. The van der Waals surface area contributed by atoms with Gasteiger partial charge in [0.15, 0.2) is 0 Å². The van der Waals surface area contributed by atoms with Crippen LogP contribution in [0.5, 0.6) is 5.75 Å². The smallest absolute Gasteiger partial charge is 0.136 e. The zero-order valence-corrected chi connectivity index (χ0v) is 13.6. The van der Waals surface area contributed by atoms with Gasteiger partial charge in [0.2, 0.25) is 0 Å². The maximum Gasteiger partial charge on any atom is 0.136 e. The van der Waals surface area contributed by atoms with Gasteiger partial charge in [-0.1, -0.05) is 47.5 Å². The monoisotopic (exact) mass is 316 g/mol. The first-order valence-electron chi connectivity index (χ1n) is 7.67. The summed E-state index contributed by atoms with van der Waals surface area (Å²) in [6.07, 6.45) is -0.661. The fourth-order valence-electron chi connectivity index (χ4n) is 2.44. The number of hydrogen-bond donors (Lipinski definition) is 3. The lowest BCUT2D eigenvalue weighted by Crippen LogP contribution is -2.42. The van der Waals surface area contributed by atoms with E-state index in [1.807, 2.05) is 62.4 Å². The van der Waals surface area contributed by atoms with Crippen molar-refractivity contribution in [2.75, 3.05) is 19.8 Å². The summed E-state index contributed by atoms with van der Waals surface area (Å²) in [6.45, 7) is 2.82. The molecule has 0 saturated heterocycles. The van der Waals surface area contributed by atoms with Crippen LogP contribution < -0.4 is 4.74 Å². The fourth-order valence-corrected chi connectivity index (χ4v) is 2.44. The lowest BCUT2D eigenvalue weighted by Gasteiger charge is -2.36. The molecule has 0 bridgehead atoms. The van der Waals surface area contributed by atoms with Gasteiger partial charge in [-0.3, -0.25) is 0 Å². The van der Waals surface area contributed by atoms with E-state index in [2.05, 4.69) is 0 Å². The number of rotatable bonds is 7. The number of ether oxygens (including phenoxy) is 1. The maximum atomic E-state index is 9.78. The summed E-state index contributed by atoms with van der Waals surface area (Å²) < 4.78 is 6.05. The molecule has 0 radical (unpaired) electrons. The average molecular weight is 316 g/mol. The van der Waals surface area contributed by atoms with Crippen LogP contribution in [-0.2, 0) is 0 Å². The quantitative estimate of drug-likeness (QED) is 0.733. The maximum absolute atomic E-state index is 9.78. The predicted molar refractivity (Wildman–Crippen MR) is 89.4 cm³/mol. The summed E-state index contributed by atoms with van der Waals surface area (Å²) in [4.78, 5) is 0. The van der Waals surface area contributed by atoms with Gasteiger partial charge in [0.1, 0.15) is 11.9 Å². The highest BCUT2D eigenvalue weighted by Crippen LogP contribution is 2.37. The molecule has 4 nitrogen and oxygen atoms in total. The minimum Gasteiger partial charge on any atom is -0.485 e. The van der Waals surface area contributed by atoms with E-state index in [0.717, 1.165) is 16.7 Å². The zero-order chi connectivity index (χ0) is 16.9.